The van der Waals surface area contributed by atoms with Crippen LogP contribution in [0.25, 0.3) is 0 Å². The summed E-state index contributed by atoms with van der Waals surface area (Å²) < 4.78 is 42.9. The van der Waals surface area contributed by atoms with Crippen LogP contribution in [0.1, 0.15) is 17.1 Å². The molecule has 5 nitrogen and oxygen atoms in total. The summed E-state index contributed by atoms with van der Waals surface area (Å²) in [5, 5.41) is 13.6. The Bertz CT molecular complexity index is 665. The molecule has 2 aromatic rings. The number of nitro benzene ring substituents is 1. The molecule has 1 N–H and O–H groups in total. The van der Waals surface area contributed by atoms with Crippen molar-refractivity contribution < 1.29 is 22.5 Å². The highest BCUT2D eigenvalue weighted by Crippen LogP contribution is 2.35. The number of rotatable bonds is 4. The molecule has 2 rings (SSSR count). The molecule has 0 saturated carbocycles. The van der Waals surface area contributed by atoms with Gasteiger partial charge in [0.2, 0.25) is 0 Å². The second-order valence-corrected chi connectivity index (χ2v) is 4.35. The molecule has 1 aromatic heterocycles. The molecule has 1 aromatic carbocycles. The van der Waals surface area contributed by atoms with Crippen molar-refractivity contribution in [2.45, 2.75) is 19.6 Å². The van der Waals surface area contributed by atoms with E-state index in [0.717, 1.165) is 12.1 Å². The fraction of sp³-hybridized carbons (Fsp3) is 0.231. The zero-order valence-corrected chi connectivity index (χ0v) is 10.9. The Morgan fingerprint density at radius 2 is 2.00 bits per heavy atom. The summed E-state index contributed by atoms with van der Waals surface area (Å²) in [7, 11) is 0. The molecule has 0 aliphatic heterocycles. The van der Waals surface area contributed by atoms with Crippen LogP contribution in [0, 0.1) is 17.0 Å². The molecule has 0 fully saturated rings. The van der Waals surface area contributed by atoms with Gasteiger partial charge in [0, 0.05) is 6.07 Å². The van der Waals surface area contributed by atoms with Crippen LogP contribution in [0.5, 0.6) is 0 Å². The molecule has 0 aliphatic carbocycles. The van der Waals surface area contributed by atoms with Gasteiger partial charge in [-0.1, -0.05) is 0 Å². The second kappa shape index (κ2) is 5.47. The lowest BCUT2D eigenvalue weighted by molar-refractivity contribution is -0.384. The maximum absolute atomic E-state index is 12.6. The van der Waals surface area contributed by atoms with Gasteiger partial charge in [0.25, 0.3) is 5.69 Å². The van der Waals surface area contributed by atoms with Crippen molar-refractivity contribution in [2.75, 3.05) is 5.32 Å². The first-order chi connectivity index (χ1) is 9.77. The smallest absolute Gasteiger partial charge is 0.416 e. The number of nitrogens with one attached hydrogen (secondary N) is 1. The normalized spacial score (nSPS) is 11.4. The first-order valence-electron chi connectivity index (χ1n) is 5.92. The van der Waals surface area contributed by atoms with Crippen molar-refractivity contribution >= 4 is 11.4 Å². The SMILES string of the molecule is Cc1ccc(CNc2ccc(C(F)(F)F)cc2[N+](=O)[O-])o1. The molecule has 0 amide bonds. The zero-order valence-electron chi connectivity index (χ0n) is 10.9. The van der Waals surface area contributed by atoms with E-state index in [4.69, 9.17) is 4.42 Å². The summed E-state index contributed by atoms with van der Waals surface area (Å²) in [6.45, 7) is 1.88. The number of nitrogens with zero attached hydrogens (tertiary/aromatic N) is 1. The summed E-state index contributed by atoms with van der Waals surface area (Å²) in [6.07, 6.45) is -4.62. The number of nitro groups is 1. The maximum Gasteiger partial charge on any atom is 0.416 e. The van der Waals surface area contributed by atoms with Gasteiger partial charge in [0.15, 0.2) is 0 Å². The van der Waals surface area contributed by atoms with Crippen LogP contribution in [-0.2, 0) is 12.7 Å². The minimum Gasteiger partial charge on any atom is -0.465 e. The van der Waals surface area contributed by atoms with Crippen LogP contribution in [0.2, 0.25) is 0 Å². The van der Waals surface area contributed by atoms with Crippen LogP contribution in [-0.4, -0.2) is 4.92 Å². The average Bonchev–Trinajstić information content (AvgIpc) is 2.80. The van der Waals surface area contributed by atoms with E-state index in [1.165, 1.54) is 0 Å². The first kappa shape index (κ1) is 14.9. The van der Waals surface area contributed by atoms with E-state index in [1.807, 2.05) is 0 Å². The lowest BCUT2D eigenvalue weighted by atomic mass is 10.1. The van der Waals surface area contributed by atoms with E-state index in [1.54, 1.807) is 19.1 Å². The minimum atomic E-state index is -4.62. The van der Waals surface area contributed by atoms with Gasteiger partial charge in [0.05, 0.1) is 17.0 Å². The fourth-order valence-corrected chi connectivity index (χ4v) is 1.77. The van der Waals surface area contributed by atoms with Crippen LogP contribution >= 0.6 is 0 Å². The van der Waals surface area contributed by atoms with Gasteiger partial charge in [-0.25, -0.2) is 0 Å². The van der Waals surface area contributed by atoms with Gasteiger partial charge < -0.3 is 9.73 Å². The van der Waals surface area contributed by atoms with E-state index in [0.29, 0.717) is 17.6 Å². The van der Waals surface area contributed by atoms with Gasteiger partial charge in [-0.05, 0) is 31.2 Å². The van der Waals surface area contributed by atoms with Crippen molar-refractivity contribution in [2.24, 2.45) is 0 Å². The zero-order chi connectivity index (χ0) is 15.6. The molecular formula is C13H11F3N2O3. The third kappa shape index (κ3) is 3.53. The molecule has 0 aliphatic rings. The molecular weight excluding hydrogens is 289 g/mol. The summed E-state index contributed by atoms with van der Waals surface area (Å²) in [6, 6.07) is 5.74. The van der Waals surface area contributed by atoms with Crippen molar-refractivity contribution in [3.05, 3.63) is 57.5 Å². The topological polar surface area (TPSA) is 68.3 Å². The number of hydrogen-bond donors (Lipinski definition) is 1. The molecule has 0 bridgehead atoms. The number of aryl methyl sites for hydroxylation is 1. The van der Waals surface area contributed by atoms with E-state index >= 15 is 0 Å². The van der Waals surface area contributed by atoms with Crippen LogP contribution in [0.15, 0.2) is 34.7 Å². The van der Waals surface area contributed by atoms with Crippen molar-refractivity contribution in [1.82, 2.24) is 0 Å². The average molecular weight is 300 g/mol. The summed E-state index contributed by atoms with van der Waals surface area (Å²) in [4.78, 5) is 10.0. The van der Waals surface area contributed by atoms with Gasteiger partial charge in [-0.3, -0.25) is 10.1 Å². The number of anilines is 1. The highest BCUT2D eigenvalue weighted by Gasteiger charge is 2.33. The van der Waals surface area contributed by atoms with Gasteiger partial charge in [0.1, 0.15) is 17.2 Å². The second-order valence-electron chi connectivity index (χ2n) is 4.35. The third-order valence-electron chi connectivity index (χ3n) is 2.77. The largest absolute Gasteiger partial charge is 0.465 e. The van der Waals surface area contributed by atoms with Gasteiger partial charge in [-0.15, -0.1) is 0 Å². The molecule has 0 unspecified atom stereocenters. The Kier molecular flexibility index (Phi) is 3.88. The maximum atomic E-state index is 12.6. The third-order valence-corrected chi connectivity index (χ3v) is 2.77. The number of halogens is 3. The van der Waals surface area contributed by atoms with Crippen molar-refractivity contribution in [1.29, 1.82) is 0 Å². The van der Waals surface area contributed by atoms with Gasteiger partial charge in [-0.2, -0.15) is 13.2 Å². The summed E-state index contributed by atoms with van der Waals surface area (Å²) >= 11 is 0. The standard InChI is InChI=1S/C13H11F3N2O3/c1-8-2-4-10(21-8)7-17-11-5-3-9(13(14,15)16)6-12(11)18(19)20/h2-6,17H,7H2,1H3. The van der Waals surface area contributed by atoms with Crippen LogP contribution in [0.4, 0.5) is 24.5 Å². The molecule has 0 spiro atoms. The molecule has 0 saturated heterocycles. The summed E-state index contributed by atoms with van der Waals surface area (Å²) in [5.74, 6) is 1.20. The number of furan rings is 1. The number of benzene rings is 1. The van der Waals surface area contributed by atoms with Crippen LogP contribution in [0.3, 0.4) is 0 Å². The van der Waals surface area contributed by atoms with E-state index in [2.05, 4.69) is 5.32 Å². The van der Waals surface area contributed by atoms with Crippen molar-refractivity contribution in [3.8, 4) is 0 Å². The van der Waals surface area contributed by atoms with E-state index in [9.17, 15) is 23.3 Å². The monoisotopic (exact) mass is 300 g/mol. The quantitative estimate of drug-likeness (QED) is 0.681. The predicted molar refractivity (Wildman–Crippen MR) is 68.9 cm³/mol. The van der Waals surface area contributed by atoms with Gasteiger partial charge >= 0.3 is 6.18 Å². The Labute approximate surface area is 117 Å². The molecule has 0 radical (unpaired) electrons. The predicted octanol–water partition coefficient (Wildman–Crippen LogP) is 4.13. The highest BCUT2D eigenvalue weighted by molar-refractivity contribution is 5.62. The lowest BCUT2D eigenvalue weighted by Gasteiger charge is -2.09. The highest BCUT2D eigenvalue weighted by atomic mass is 19.4. The number of hydrogen-bond acceptors (Lipinski definition) is 4. The lowest BCUT2D eigenvalue weighted by Crippen LogP contribution is -2.08. The van der Waals surface area contributed by atoms with E-state index < -0.39 is 22.4 Å². The van der Waals surface area contributed by atoms with E-state index in [-0.39, 0.29) is 12.2 Å². The fourth-order valence-electron chi connectivity index (χ4n) is 1.77. The first-order valence-corrected chi connectivity index (χ1v) is 5.92. The Morgan fingerprint density at radius 3 is 2.52 bits per heavy atom. The Balaban J connectivity index is 2.24. The molecule has 1 heterocycles. The molecule has 0 atom stereocenters. The van der Waals surface area contributed by atoms with Crippen LogP contribution < -0.4 is 5.32 Å². The molecule has 8 heteroatoms. The summed E-state index contributed by atoms with van der Waals surface area (Å²) in [5.41, 5.74) is -1.69. The molecule has 21 heavy (non-hydrogen) atoms. The minimum absolute atomic E-state index is 0.00190. The van der Waals surface area contributed by atoms with Crippen molar-refractivity contribution in [3.63, 3.8) is 0 Å². The Morgan fingerprint density at radius 1 is 1.29 bits per heavy atom. The molecule has 112 valence electrons. The number of alkyl halides is 3. The Hall–Kier alpha value is -2.51.